The molecule has 0 spiro atoms. The highest BCUT2D eigenvalue weighted by molar-refractivity contribution is 9.10. The van der Waals surface area contributed by atoms with E-state index in [9.17, 15) is 0 Å². The SMILES string of the molecule is Brc1ccc([C@@H]2C[C@H](c3ccccc3)Nc3ncnn32)cc1. The zero-order chi connectivity index (χ0) is 14.9. The molecule has 0 fully saturated rings. The minimum Gasteiger partial charge on any atom is -0.348 e. The van der Waals surface area contributed by atoms with E-state index in [4.69, 9.17) is 0 Å². The Hall–Kier alpha value is -2.14. The van der Waals surface area contributed by atoms with E-state index in [1.807, 2.05) is 10.7 Å². The van der Waals surface area contributed by atoms with E-state index < -0.39 is 0 Å². The largest absolute Gasteiger partial charge is 0.348 e. The third-order valence-electron chi connectivity index (χ3n) is 4.09. The number of fused-ring (bicyclic) bond motifs is 1. The Morgan fingerprint density at radius 2 is 1.77 bits per heavy atom. The van der Waals surface area contributed by atoms with Crippen LogP contribution in [0.2, 0.25) is 0 Å². The molecule has 2 heterocycles. The van der Waals surface area contributed by atoms with E-state index in [1.165, 1.54) is 11.1 Å². The van der Waals surface area contributed by atoms with Gasteiger partial charge in [-0.3, -0.25) is 0 Å². The van der Waals surface area contributed by atoms with Gasteiger partial charge in [0.2, 0.25) is 5.95 Å². The van der Waals surface area contributed by atoms with E-state index in [0.29, 0.717) is 0 Å². The van der Waals surface area contributed by atoms with Crippen LogP contribution in [0.5, 0.6) is 0 Å². The van der Waals surface area contributed by atoms with E-state index in [0.717, 1.165) is 16.8 Å². The van der Waals surface area contributed by atoms with Gasteiger partial charge in [-0.25, -0.2) is 4.68 Å². The molecule has 0 saturated heterocycles. The Kier molecular flexibility index (Phi) is 3.42. The highest BCUT2D eigenvalue weighted by Gasteiger charge is 2.29. The van der Waals surface area contributed by atoms with Crippen molar-refractivity contribution in [3.63, 3.8) is 0 Å². The molecule has 22 heavy (non-hydrogen) atoms. The fourth-order valence-corrected chi connectivity index (χ4v) is 3.25. The molecule has 0 radical (unpaired) electrons. The van der Waals surface area contributed by atoms with Crippen molar-refractivity contribution in [1.82, 2.24) is 14.8 Å². The van der Waals surface area contributed by atoms with Gasteiger partial charge < -0.3 is 5.32 Å². The molecule has 4 rings (SSSR count). The summed E-state index contributed by atoms with van der Waals surface area (Å²) in [6.45, 7) is 0. The van der Waals surface area contributed by atoms with Gasteiger partial charge in [0.25, 0.3) is 0 Å². The summed E-state index contributed by atoms with van der Waals surface area (Å²) in [5.41, 5.74) is 2.52. The first kappa shape index (κ1) is 13.5. The number of hydrogen-bond donors (Lipinski definition) is 1. The highest BCUT2D eigenvalue weighted by Crippen LogP contribution is 2.37. The number of rotatable bonds is 2. The van der Waals surface area contributed by atoms with Crippen molar-refractivity contribution in [2.45, 2.75) is 18.5 Å². The Morgan fingerprint density at radius 3 is 2.55 bits per heavy atom. The summed E-state index contributed by atoms with van der Waals surface area (Å²) in [6, 6.07) is 19.4. The molecule has 1 N–H and O–H groups in total. The Bertz CT molecular complexity index is 767. The Morgan fingerprint density at radius 1 is 1.00 bits per heavy atom. The lowest BCUT2D eigenvalue weighted by molar-refractivity contribution is 0.431. The molecule has 0 aliphatic carbocycles. The second kappa shape index (κ2) is 5.57. The fourth-order valence-electron chi connectivity index (χ4n) is 2.99. The van der Waals surface area contributed by atoms with Crippen LogP contribution >= 0.6 is 15.9 Å². The maximum Gasteiger partial charge on any atom is 0.222 e. The summed E-state index contributed by atoms with van der Waals surface area (Å²) in [7, 11) is 0. The molecule has 3 aromatic rings. The second-order valence-electron chi connectivity index (χ2n) is 5.44. The van der Waals surface area contributed by atoms with Crippen LogP contribution in [0, 0.1) is 0 Å². The lowest BCUT2D eigenvalue weighted by Crippen LogP contribution is -2.28. The summed E-state index contributed by atoms with van der Waals surface area (Å²) in [6.07, 6.45) is 2.56. The van der Waals surface area contributed by atoms with E-state index in [1.54, 1.807) is 6.33 Å². The minimum atomic E-state index is 0.192. The molecule has 0 saturated carbocycles. The van der Waals surface area contributed by atoms with Gasteiger partial charge in [-0.1, -0.05) is 58.4 Å². The van der Waals surface area contributed by atoms with E-state index >= 15 is 0 Å². The summed E-state index contributed by atoms with van der Waals surface area (Å²) in [5.74, 6) is 0.827. The van der Waals surface area contributed by atoms with Crippen molar-refractivity contribution in [3.8, 4) is 0 Å². The average Bonchev–Trinajstić information content (AvgIpc) is 3.04. The molecule has 2 atom stereocenters. The van der Waals surface area contributed by atoms with Crippen molar-refractivity contribution in [3.05, 3.63) is 76.5 Å². The maximum absolute atomic E-state index is 4.40. The van der Waals surface area contributed by atoms with E-state index in [-0.39, 0.29) is 12.1 Å². The quantitative estimate of drug-likeness (QED) is 0.750. The lowest BCUT2D eigenvalue weighted by atomic mass is 9.93. The number of nitrogens with zero attached hydrogens (tertiary/aromatic N) is 3. The van der Waals surface area contributed by atoms with Crippen molar-refractivity contribution < 1.29 is 0 Å². The number of benzene rings is 2. The van der Waals surface area contributed by atoms with Gasteiger partial charge in [0.05, 0.1) is 12.1 Å². The summed E-state index contributed by atoms with van der Waals surface area (Å²) < 4.78 is 3.06. The number of nitrogens with one attached hydrogen (secondary N) is 1. The molecule has 0 unspecified atom stereocenters. The van der Waals surface area contributed by atoms with Crippen LogP contribution < -0.4 is 5.32 Å². The highest BCUT2D eigenvalue weighted by atomic mass is 79.9. The molecule has 2 aromatic carbocycles. The van der Waals surface area contributed by atoms with Gasteiger partial charge >= 0.3 is 0 Å². The van der Waals surface area contributed by atoms with Gasteiger partial charge in [0, 0.05) is 4.47 Å². The zero-order valence-corrected chi connectivity index (χ0v) is 13.4. The molecule has 110 valence electrons. The van der Waals surface area contributed by atoms with Crippen molar-refractivity contribution in [2.24, 2.45) is 0 Å². The topological polar surface area (TPSA) is 42.7 Å². The molecule has 0 bridgehead atoms. The van der Waals surface area contributed by atoms with E-state index in [2.05, 4.69) is 79.9 Å². The monoisotopic (exact) mass is 354 g/mol. The van der Waals surface area contributed by atoms with Crippen LogP contribution in [0.4, 0.5) is 5.95 Å². The van der Waals surface area contributed by atoms with Crippen LogP contribution in [0.15, 0.2) is 65.4 Å². The van der Waals surface area contributed by atoms with Gasteiger partial charge in [-0.05, 0) is 29.7 Å². The third-order valence-corrected chi connectivity index (χ3v) is 4.62. The summed E-state index contributed by atoms with van der Waals surface area (Å²) in [5, 5.41) is 7.88. The third kappa shape index (κ3) is 2.41. The summed E-state index contributed by atoms with van der Waals surface area (Å²) >= 11 is 3.50. The van der Waals surface area contributed by atoms with Crippen molar-refractivity contribution >= 4 is 21.9 Å². The maximum atomic E-state index is 4.40. The van der Waals surface area contributed by atoms with Crippen LogP contribution in [-0.4, -0.2) is 14.8 Å². The van der Waals surface area contributed by atoms with Crippen LogP contribution in [-0.2, 0) is 0 Å². The molecule has 1 aliphatic rings. The number of halogens is 1. The Labute approximate surface area is 137 Å². The first-order chi connectivity index (χ1) is 10.8. The van der Waals surface area contributed by atoms with Gasteiger partial charge in [-0.15, -0.1) is 0 Å². The Balaban J connectivity index is 1.73. The molecular weight excluding hydrogens is 340 g/mol. The average molecular weight is 355 g/mol. The molecule has 1 aromatic heterocycles. The van der Waals surface area contributed by atoms with Crippen molar-refractivity contribution in [2.75, 3.05) is 5.32 Å². The molecule has 4 nitrogen and oxygen atoms in total. The van der Waals surface area contributed by atoms with Gasteiger partial charge in [0.15, 0.2) is 0 Å². The van der Waals surface area contributed by atoms with Gasteiger partial charge in [0.1, 0.15) is 6.33 Å². The predicted molar refractivity (Wildman–Crippen MR) is 89.7 cm³/mol. The minimum absolute atomic E-state index is 0.192. The number of anilines is 1. The normalized spacial score (nSPS) is 20.2. The lowest BCUT2D eigenvalue weighted by Gasteiger charge is -2.31. The first-order valence-electron chi connectivity index (χ1n) is 7.28. The first-order valence-corrected chi connectivity index (χ1v) is 8.07. The molecular formula is C17H15BrN4. The van der Waals surface area contributed by atoms with Crippen molar-refractivity contribution in [1.29, 1.82) is 0 Å². The summed E-state index contributed by atoms with van der Waals surface area (Å²) in [4.78, 5) is 4.36. The molecule has 1 aliphatic heterocycles. The van der Waals surface area contributed by atoms with Crippen LogP contribution in [0.25, 0.3) is 0 Å². The fraction of sp³-hybridized carbons (Fsp3) is 0.176. The predicted octanol–water partition coefficient (Wildman–Crippen LogP) is 4.19. The smallest absolute Gasteiger partial charge is 0.222 e. The standard InChI is InChI=1S/C17H15BrN4/c18-14-8-6-13(7-9-14)16-10-15(12-4-2-1-3-5-12)21-17-19-11-20-22(16)17/h1-9,11,15-16H,10H2,(H,19,20,21)/t15-,16+/m1/s1. The molecule has 0 amide bonds. The second-order valence-corrected chi connectivity index (χ2v) is 6.35. The van der Waals surface area contributed by atoms with Gasteiger partial charge in [-0.2, -0.15) is 10.1 Å². The van der Waals surface area contributed by atoms with Crippen LogP contribution in [0.3, 0.4) is 0 Å². The molecule has 5 heteroatoms. The zero-order valence-electron chi connectivity index (χ0n) is 11.9. The number of hydrogen-bond acceptors (Lipinski definition) is 3. The van der Waals surface area contributed by atoms with Crippen LogP contribution in [0.1, 0.15) is 29.6 Å². The number of aromatic nitrogens is 3.